The van der Waals surface area contributed by atoms with E-state index in [0.29, 0.717) is 25.0 Å². The van der Waals surface area contributed by atoms with Gasteiger partial charge in [-0.15, -0.1) is 0 Å². The summed E-state index contributed by atoms with van der Waals surface area (Å²) in [7, 11) is 0. The Labute approximate surface area is 91.3 Å². The van der Waals surface area contributed by atoms with E-state index in [1.807, 2.05) is 0 Å². The Morgan fingerprint density at radius 2 is 2.13 bits per heavy atom. The van der Waals surface area contributed by atoms with Crippen LogP contribution in [-0.4, -0.2) is 24.7 Å². The van der Waals surface area contributed by atoms with Gasteiger partial charge < -0.3 is 16.2 Å². The van der Waals surface area contributed by atoms with Crippen LogP contribution in [0.15, 0.2) is 0 Å². The Hall–Kier alpha value is -0.610. The number of amides is 1. The lowest BCUT2D eigenvalue weighted by Crippen LogP contribution is -2.38. The van der Waals surface area contributed by atoms with Crippen molar-refractivity contribution >= 4 is 5.91 Å². The van der Waals surface area contributed by atoms with Gasteiger partial charge in [-0.25, -0.2) is 0 Å². The van der Waals surface area contributed by atoms with Crippen molar-refractivity contribution in [1.82, 2.24) is 0 Å². The molecule has 3 atom stereocenters. The number of primary amides is 1. The molecule has 0 aromatic carbocycles. The number of nitrogens with two attached hydrogens (primary N) is 2. The van der Waals surface area contributed by atoms with E-state index in [1.165, 1.54) is 19.3 Å². The van der Waals surface area contributed by atoms with Gasteiger partial charge in [-0.05, 0) is 25.2 Å². The van der Waals surface area contributed by atoms with E-state index in [-0.39, 0.29) is 0 Å². The first-order chi connectivity index (χ1) is 7.11. The van der Waals surface area contributed by atoms with Crippen LogP contribution in [0.5, 0.6) is 0 Å². The highest BCUT2D eigenvalue weighted by Gasteiger charge is 2.22. The average molecular weight is 214 g/mol. The van der Waals surface area contributed by atoms with Crippen LogP contribution in [0.25, 0.3) is 0 Å². The minimum Gasteiger partial charge on any atom is -0.378 e. The van der Waals surface area contributed by atoms with Gasteiger partial charge in [0, 0.05) is 6.61 Å². The summed E-state index contributed by atoms with van der Waals surface area (Å²) in [6, 6.07) is -0.566. The van der Waals surface area contributed by atoms with E-state index >= 15 is 0 Å². The number of ether oxygens (including phenoxy) is 1. The van der Waals surface area contributed by atoms with Crippen molar-refractivity contribution in [3.05, 3.63) is 0 Å². The topological polar surface area (TPSA) is 78.3 Å². The maximum absolute atomic E-state index is 10.7. The molecule has 1 amide bonds. The number of hydrogen-bond acceptors (Lipinski definition) is 3. The smallest absolute Gasteiger partial charge is 0.234 e. The van der Waals surface area contributed by atoms with Crippen molar-refractivity contribution in [2.45, 2.75) is 51.2 Å². The summed E-state index contributed by atoms with van der Waals surface area (Å²) in [4.78, 5) is 10.7. The first kappa shape index (κ1) is 12.5. The first-order valence-corrected chi connectivity index (χ1v) is 5.77. The van der Waals surface area contributed by atoms with Crippen LogP contribution < -0.4 is 11.5 Å². The zero-order valence-corrected chi connectivity index (χ0v) is 9.45. The summed E-state index contributed by atoms with van der Waals surface area (Å²) < 4.78 is 5.73. The lowest BCUT2D eigenvalue weighted by molar-refractivity contribution is -0.119. The quantitative estimate of drug-likeness (QED) is 0.710. The molecule has 0 heterocycles. The number of carbonyl (C=O) groups excluding carboxylic acids is 1. The third-order valence-electron chi connectivity index (χ3n) is 3.16. The second kappa shape index (κ2) is 6.08. The predicted molar refractivity (Wildman–Crippen MR) is 59.2 cm³/mol. The standard InChI is InChI=1S/C11H22N2O2/c1-8-4-2-3-5-10(8)15-7-6-9(12)11(13)14/h8-10H,2-7,12H2,1H3,(H2,13,14). The van der Waals surface area contributed by atoms with E-state index < -0.39 is 11.9 Å². The fourth-order valence-corrected chi connectivity index (χ4v) is 2.02. The molecule has 0 aromatic heterocycles. The molecule has 1 fully saturated rings. The first-order valence-electron chi connectivity index (χ1n) is 5.77. The molecular formula is C11H22N2O2. The summed E-state index contributed by atoms with van der Waals surface area (Å²) in [6.07, 6.45) is 5.80. The second-order valence-corrected chi connectivity index (χ2v) is 4.47. The van der Waals surface area contributed by atoms with Crippen molar-refractivity contribution < 1.29 is 9.53 Å². The van der Waals surface area contributed by atoms with E-state index in [4.69, 9.17) is 16.2 Å². The molecule has 1 aliphatic rings. The minimum atomic E-state index is -0.566. The molecule has 15 heavy (non-hydrogen) atoms. The zero-order chi connectivity index (χ0) is 11.3. The van der Waals surface area contributed by atoms with Crippen molar-refractivity contribution in [3.63, 3.8) is 0 Å². The molecule has 1 rings (SSSR count). The van der Waals surface area contributed by atoms with Gasteiger partial charge in [-0.3, -0.25) is 4.79 Å². The fourth-order valence-electron chi connectivity index (χ4n) is 2.02. The lowest BCUT2D eigenvalue weighted by Gasteiger charge is -2.28. The van der Waals surface area contributed by atoms with Crippen LogP contribution >= 0.6 is 0 Å². The summed E-state index contributed by atoms with van der Waals surface area (Å²) in [6.45, 7) is 2.76. The highest BCUT2D eigenvalue weighted by Crippen LogP contribution is 2.26. The van der Waals surface area contributed by atoms with Gasteiger partial charge >= 0.3 is 0 Å². The van der Waals surface area contributed by atoms with Gasteiger partial charge in [0.15, 0.2) is 0 Å². The Balaban J connectivity index is 2.16. The van der Waals surface area contributed by atoms with E-state index in [1.54, 1.807) is 0 Å². The van der Waals surface area contributed by atoms with Crippen LogP contribution in [0.4, 0.5) is 0 Å². The second-order valence-electron chi connectivity index (χ2n) is 4.47. The average Bonchev–Trinajstić information content (AvgIpc) is 2.20. The van der Waals surface area contributed by atoms with E-state index in [9.17, 15) is 4.79 Å². The lowest BCUT2D eigenvalue weighted by atomic mass is 9.88. The van der Waals surface area contributed by atoms with Crippen LogP contribution in [-0.2, 0) is 9.53 Å². The van der Waals surface area contributed by atoms with Crippen LogP contribution in [0.1, 0.15) is 39.0 Å². The zero-order valence-electron chi connectivity index (χ0n) is 9.45. The van der Waals surface area contributed by atoms with Gasteiger partial charge in [0.25, 0.3) is 0 Å². The summed E-state index contributed by atoms with van der Waals surface area (Å²) >= 11 is 0. The molecule has 0 aromatic rings. The van der Waals surface area contributed by atoms with Gasteiger partial charge in [-0.1, -0.05) is 19.8 Å². The minimum absolute atomic E-state index is 0.346. The molecule has 0 bridgehead atoms. The monoisotopic (exact) mass is 214 g/mol. The molecule has 88 valence electrons. The van der Waals surface area contributed by atoms with Crippen LogP contribution in [0, 0.1) is 5.92 Å². The van der Waals surface area contributed by atoms with Crippen molar-refractivity contribution in [2.75, 3.05) is 6.61 Å². The van der Waals surface area contributed by atoms with Crippen molar-refractivity contribution in [2.24, 2.45) is 17.4 Å². The Kier molecular flexibility index (Phi) is 5.05. The third kappa shape index (κ3) is 4.18. The molecular weight excluding hydrogens is 192 g/mol. The van der Waals surface area contributed by atoms with Crippen molar-refractivity contribution in [1.29, 1.82) is 0 Å². The van der Waals surface area contributed by atoms with Crippen LogP contribution in [0.3, 0.4) is 0 Å². The molecule has 0 aliphatic heterocycles. The normalized spacial score (nSPS) is 28.7. The molecule has 3 unspecified atom stereocenters. The van der Waals surface area contributed by atoms with Gasteiger partial charge in [0.2, 0.25) is 5.91 Å². The molecule has 4 N–H and O–H groups in total. The maximum atomic E-state index is 10.7. The third-order valence-corrected chi connectivity index (χ3v) is 3.16. The van der Waals surface area contributed by atoms with Gasteiger partial charge in [-0.2, -0.15) is 0 Å². The fraction of sp³-hybridized carbons (Fsp3) is 0.909. The van der Waals surface area contributed by atoms with Crippen LogP contribution in [0.2, 0.25) is 0 Å². The number of rotatable bonds is 5. The molecule has 0 radical (unpaired) electrons. The van der Waals surface area contributed by atoms with Gasteiger partial charge in [0.1, 0.15) is 0 Å². The summed E-state index contributed by atoms with van der Waals surface area (Å²) in [5.74, 6) is 0.179. The summed E-state index contributed by atoms with van der Waals surface area (Å²) in [5.41, 5.74) is 10.6. The van der Waals surface area contributed by atoms with E-state index in [2.05, 4.69) is 6.92 Å². The summed E-state index contributed by atoms with van der Waals surface area (Å²) in [5, 5.41) is 0. The molecule has 1 saturated carbocycles. The molecule has 4 nitrogen and oxygen atoms in total. The highest BCUT2D eigenvalue weighted by molar-refractivity contribution is 5.79. The largest absolute Gasteiger partial charge is 0.378 e. The number of hydrogen-bond donors (Lipinski definition) is 2. The van der Waals surface area contributed by atoms with Crippen molar-refractivity contribution in [3.8, 4) is 0 Å². The van der Waals surface area contributed by atoms with E-state index in [0.717, 1.165) is 6.42 Å². The SMILES string of the molecule is CC1CCCCC1OCCC(N)C(N)=O. The molecule has 4 heteroatoms. The number of carbonyl (C=O) groups is 1. The molecule has 0 saturated heterocycles. The maximum Gasteiger partial charge on any atom is 0.234 e. The Morgan fingerprint density at radius 1 is 1.47 bits per heavy atom. The van der Waals surface area contributed by atoms with Gasteiger partial charge in [0.05, 0.1) is 12.1 Å². The molecule has 0 spiro atoms. The Morgan fingerprint density at radius 3 is 2.73 bits per heavy atom. The Bertz CT molecular complexity index is 209. The highest BCUT2D eigenvalue weighted by atomic mass is 16.5. The molecule has 1 aliphatic carbocycles. The predicted octanol–water partition coefficient (Wildman–Crippen LogP) is 0.784.